The van der Waals surface area contributed by atoms with Crippen molar-refractivity contribution in [2.24, 2.45) is 0 Å². The van der Waals surface area contributed by atoms with Crippen molar-refractivity contribution in [1.82, 2.24) is 30.5 Å². The molecule has 0 aliphatic rings. The predicted molar refractivity (Wildman–Crippen MR) is 115 cm³/mol. The van der Waals surface area contributed by atoms with E-state index in [1.54, 1.807) is 24.1 Å². The van der Waals surface area contributed by atoms with E-state index >= 15 is 0 Å². The largest absolute Gasteiger partial charge is 0.383 e. The van der Waals surface area contributed by atoms with Crippen molar-refractivity contribution in [3.8, 4) is 16.9 Å². The van der Waals surface area contributed by atoms with E-state index in [4.69, 9.17) is 4.74 Å². The van der Waals surface area contributed by atoms with Crippen LogP contribution in [0, 0.1) is 6.92 Å². The van der Waals surface area contributed by atoms with Crippen LogP contribution >= 0.6 is 0 Å². The summed E-state index contributed by atoms with van der Waals surface area (Å²) in [4.78, 5) is 17.4. The molecule has 1 amide bonds. The molecule has 0 aliphatic carbocycles. The first-order chi connectivity index (χ1) is 14.2. The lowest BCUT2D eigenvalue weighted by molar-refractivity contribution is 0.0905. The summed E-state index contributed by atoms with van der Waals surface area (Å²) in [7, 11) is 1.61. The van der Waals surface area contributed by atoms with E-state index in [1.165, 1.54) is 0 Å². The Bertz CT molecular complexity index is 1020. The molecular weight excluding hydrogens is 380 g/mol. The average molecular weight is 409 g/mol. The number of hydrogen-bond donors (Lipinski definition) is 1. The number of carbonyl (C=O) groups excluding carboxylic acids is 1. The SMILES string of the molecule is COC[C@@H](C)NC(=O)c1cc(-c2ccc(C)cn2)cc(-n2nnnc2C(C)(C)C)c1. The fourth-order valence-electron chi connectivity index (χ4n) is 3.08. The van der Waals surface area contributed by atoms with Crippen LogP contribution in [0.5, 0.6) is 0 Å². The number of hydrogen-bond acceptors (Lipinski definition) is 6. The summed E-state index contributed by atoms with van der Waals surface area (Å²) in [6, 6.07) is 9.37. The summed E-state index contributed by atoms with van der Waals surface area (Å²) in [5, 5.41) is 15.2. The van der Waals surface area contributed by atoms with Gasteiger partial charge in [0.2, 0.25) is 0 Å². The highest BCUT2D eigenvalue weighted by Gasteiger charge is 2.24. The summed E-state index contributed by atoms with van der Waals surface area (Å²) in [6.45, 7) is 10.4. The van der Waals surface area contributed by atoms with Crippen LogP contribution in [0.25, 0.3) is 16.9 Å². The van der Waals surface area contributed by atoms with Crippen LogP contribution < -0.4 is 5.32 Å². The molecule has 8 heteroatoms. The molecule has 2 aromatic heterocycles. The van der Waals surface area contributed by atoms with E-state index in [1.807, 2.05) is 58.9 Å². The third-order valence-corrected chi connectivity index (χ3v) is 4.57. The van der Waals surface area contributed by atoms with Crippen LogP contribution in [0.15, 0.2) is 36.5 Å². The van der Waals surface area contributed by atoms with Crippen molar-refractivity contribution < 1.29 is 9.53 Å². The van der Waals surface area contributed by atoms with E-state index in [9.17, 15) is 4.79 Å². The van der Waals surface area contributed by atoms with Crippen molar-refractivity contribution in [1.29, 1.82) is 0 Å². The maximum Gasteiger partial charge on any atom is 0.251 e. The van der Waals surface area contributed by atoms with Crippen LogP contribution in [0.1, 0.15) is 49.4 Å². The lowest BCUT2D eigenvalue weighted by Gasteiger charge is -2.18. The van der Waals surface area contributed by atoms with Gasteiger partial charge in [-0.15, -0.1) is 5.10 Å². The first-order valence-electron chi connectivity index (χ1n) is 9.86. The molecule has 0 bridgehead atoms. The monoisotopic (exact) mass is 408 g/mol. The Morgan fingerprint density at radius 1 is 1.23 bits per heavy atom. The van der Waals surface area contributed by atoms with Crippen LogP contribution in [0.3, 0.4) is 0 Å². The molecule has 30 heavy (non-hydrogen) atoms. The normalized spacial score (nSPS) is 12.6. The van der Waals surface area contributed by atoms with Gasteiger partial charge < -0.3 is 10.1 Å². The van der Waals surface area contributed by atoms with Gasteiger partial charge in [-0.05, 0) is 54.1 Å². The summed E-state index contributed by atoms with van der Waals surface area (Å²) in [6.07, 6.45) is 1.81. The van der Waals surface area contributed by atoms with Gasteiger partial charge in [0, 0.05) is 35.9 Å². The Morgan fingerprint density at radius 2 is 2.00 bits per heavy atom. The van der Waals surface area contributed by atoms with Gasteiger partial charge >= 0.3 is 0 Å². The number of carbonyl (C=O) groups is 1. The molecule has 0 aliphatic heterocycles. The molecule has 0 radical (unpaired) electrons. The molecule has 3 aromatic rings. The fraction of sp³-hybridized carbons (Fsp3) is 0.409. The lowest BCUT2D eigenvalue weighted by Crippen LogP contribution is -2.35. The number of methoxy groups -OCH3 is 1. The van der Waals surface area contributed by atoms with Crippen molar-refractivity contribution in [2.45, 2.75) is 46.1 Å². The molecule has 1 aromatic carbocycles. The second-order valence-electron chi connectivity index (χ2n) is 8.48. The highest BCUT2D eigenvalue weighted by molar-refractivity contribution is 5.96. The van der Waals surface area contributed by atoms with Gasteiger partial charge in [0.1, 0.15) is 0 Å². The highest BCUT2D eigenvalue weighted by Crippen LogP contribution is 2.26. The van der Waals surface area contributed by atoms with Gasteiger partial charge in [0.15, 0.2) is 5.82 Å². The summed E-state index contributed by atoms with van der Waals surface area (Å²) in [5.74, 6) is 0.510. The molecule has 1 N–H and O–H groups in total. The first-order valence-corrected chi connectivity index (χ1v) is 9.86. The number of aromatic nitrogens is 5. The van der Waals surface area contributed by atoms with E-state index in [-0.39, 0.29) is 17.4 Å². The zero-order valence-electron chi connectivity index (χ0n) is 18.3. The Morgan fingerprint density at radius 3 is 2.63 bits per heavy atom. The molecule has 1 atom stereocenters. The Labute approximate surface area is 176 Å². The molecule has 0 spiro atoms. The second kappa shape index (κ2) is 8.71. The highest BCUT2D eigenvalue weighted by atomic mass is 16.5. The van der Waals surface area contributed by atoms with Gasteiger partial charge in [-0.1, -0.05) is 26.8 Å². The topological polar surface area (TPSA) is 94.8 Å². The number of rotatable bonds is 6. The zero-order valence-corrected chi connectivity index (χ0v) is 18.3. The standard InChI is InChI=1S/C22H28N6O2/c1-14-7-8-19(23-12-14)16-9-17(20(29)24-15(2)13-30-6)11-18(10-16)28-21(22(3,4)5)25-26-27-28/h7-12,15H,13H2,1-6H3,(H,24,29)/t15-/m1/s1. The first kappa shape index (κ1) is 21.6. The number of pyridine rings is 1. The molecule has 3 rings (SSSR count). The zero-order chi connectivity index (χ0) is 21.9. The van der Waals surface area contributed by atoms with E-state index < -0.39 is 0 Å². The fourth-order valence-corrected chi connectivity index (χ4v) is 3.08. The van der Waals surface area contributed by atoms with Crippen molar-refractivity contribution in [2.75, 3.05) is 13.7 Å². The minimum Gasteiger partial charge on any atom is -0.383 e. The van der Waals surface area contributed by atoms with Crippen molar-refractivity contribution in [3.63, 3.8) is 0 Å². The number of amides is 1. The maximum atomic E-state index is 12.9. The number of aryl methyl sites for hydroxylation is 1. The quantitative estimate of drug-likeness (QED) is 0.673. The average Bonchev–Trinajstić information content (AvgIpc) is 3.19. The van der Waals surface area contributed by atoms with Crippen molar-refractivity contribution >= 4 is 5.91 Å². The third kappa shape index (κ3) is 4.88. The van der Waals surface area contributed by atoms with Gasteiger partial charge in [-0.3, -0.25) is 9.78 Å². The Balaban J connectivity index is 2.10. The van der Waals surface area contributed by atoms with Crippen molar-refractivity contribution in [3.05, 3.63) is 53.5 Å². The van der Waals surface area contributed by atoms with Gasteiger partial charge in [-0.2, -0.15) is 4.68 Å². The van der Waals surface area contributed by atoms with Crippen LogP contribution in [-0.4, -0.2) is 50.9 Å². The predicted octanol–water partition coefficient (Wildman–Crippen LogP) is 3.09. The molecular formula is C22H28N6O2. The minimum absolute atomic E-state index is 0.120. The van der Waals surface area contributed by atoms with E-state index in [0.717, 1.165) is 16.8 Å². The molecule has 0 saturated carbocycles. The van der Waals surface area contributed by atoms with E-state index in [2.05, 4.69) is 25.8 Å². The summed E-state index contributed by atoms with van der Waals surface area (Å²) in [5.41, 5.74) is 3.59. The molecule has 0 saturated heterocycles. The number of nitrogens with one attached hydrogen (secondary N) is 1. The molecule has 158 valence electrons. The number of nitrogens with zero attached hydrogens (tertiary/aromatic N) is 5. The minimum atomic E-state index is -0.267. The van der Waals surface area contributed by atoms with Crippen LogP contribution in [0.2, 0.25) is 0 Å². The van der Waals surface area contributed by atoms with Gasteiger partial charge in [-0.25, -0.2) is 0 Å². The maximum absolute atomic E-state index is 12.9. The Kier molecular flexibility index (Phi) is 6.26. The third-order valence-electron chi connectivity index (χ3n) is 4.57. The van der Waals surface area contributed by atoms with Crippen LogP contribution in [0.4, 0.5) is 0 Å². The molecule has 8 nitrogen and oxygen atoms in total. The molecule has 0 unspecified atom stereocenters. The summed E-state index contributed by atoms with van der Waals surface area (Å²) < 4.78 is 6.80. The van der Waals surface area contributed by atoms with Gasteiger partial charge in [0.25, 0.3) is 5.91 Å². The Hall–Kier alpha value is -3.13. The smallest absolute Gasteiger partial charge is 0.251 e. The van der Waals surface area contributed by atoms with E-state index in [0.29, 0.717) is 23.7 Å². The molecule has 0 fully saturated rings. The lowest BCUT2D eigenvalue weighted by atomic mass is 9.95. The van der Waals surface area contributed by atoms with Crippen LogP contribution in [-0.2, 0) is 10.2 Å². The molecule has 2 heterocycles. The number of ether oxygens (including phenoxy) is 1. The summed E-state index contributed by atoms with van der Waals surface area (Å²) >= 11 is 0. The second-order valence-corrected chi connectivity index (χ2v) is 8.48. The van der Waals surface area contributed by atoms with Gasteiger partial charge in [0.05, 0.1) is 18.0 Å². The number of tetrazole rings is 1. The number of benzene rings is 1.